The van der Waals surface area contributed by atoms with Crippen molar-refractivity contribution in [3.8, 4) is 0 Å². The van der Waals surface area contributed by atoms with Gasteiger partial charge in [0.1, 0.15) is 0 Å². The first kappa shape index (κ1) is 17.8. The fourth-order valence-corrected chi connectivity index (χ4v) is 3.57. The molecule has 0 spiro atoms. The Hall–Kier alpha value is -1.59. The molecule has 1 saturated heterocycles. The van der Waals surface area contributed by atoms with Crippen LogP contribution in [-0.2, 0) is 14.4 Å². The van der Waals surface area contributed by atoms with Gasteiger partial charge in [-0.15, -0.1) is 0 Å². The standard InChI is InChI=1S/C17H28N2O4/c1-11(2)17(3,9-15(21)22)18-16(23)12-8-14(20)19(10-12)13-6-4-5-7-13/h11-13H,4-10H2,1-3H3,(H,18,23)(H,21,22). The lowest BCUT2D eigenvalue weighted by atomic mass is 9.84. The molecular formula is C17H28N2O4. The fraction of sp³-hybridized carbons (Fsp3) is 0.824. The zero-order valence-electron chi connectivity index (χ0n) is 14.3. The van der Waals surface area contributed by atoms with Gasteiger partial charge in [0.15, 0.2) is 0 Å². The third-order valence-corrected chi connectivity index (χ3v) is 5.50. The molecule has 1 aliphatic heterocycles. The molecule has 2 rings (SSSR count). The summed E-state index contributed by atoms with van der Waals surface area (Å²) in [4.78, 5) is 37.7. The molecule has 6 nitrogen and oxygen atoms in total. The first-order valence-corrected chi connectivity index (χ1v) is 8.56. The Labute approximate surface area is 137 Å². The minimum atomic E-state index is -0.934. The maximum Gasteiger partial charge on any atom is 0.305 e. The SMILES string of the molecule is CC(C)C(C)(CC(=O)O)NC(=O)C1CC(=O)N(C2CCCC2)C1. The van der Waals surface area contributed by atoms with E-state index >= 15 is 0 Å². The highest BCUT2D eigenvalue weighted by atomic mass is 16.4. The van der Waals surface area contributed by atoms with Crippen molar-refractivity contribution in [1.29, 1.82) is 0 Å². The van der Waals surface area contributed by atoms with Crippen LogP contribution < -0.4 is 5.32 Å². The number of carbonyl (C=O) groups excluding carboxylic acids is 2. The highest BCUT2D eigenvalue weighted by Crippen LogP contribution is 2.30. The number of aliphatic carboxylic acids is 1. The van der Waals surface area contributed by atoms with Crippen molar-refractivity contribution < 1.29 is 19.5 Å². The van der Waals surface area contributed by atoms with Gasteiger partial charge in [0.05, 0.1) is 12.3 Å². The van der Waals surface area contributed by atoms with Crippen molar-refractivity contribution in [2.75, 3.05) is 6.54 Å². The predicted octanol–water partition coefficient (Wildman–Crippen LogP) is 1.78. The number of hydrogen-bond donors (Lipinski definition) is 2. The molecule has 0 aromatic carbocycles. The van der Waals surface area contributed by atoms with E-state index in [1.54, 1.807) is 6.92 Å². The molecule has 0 bridgehead atoms. The second-order valence-electron chi connectivity index (χ2n) is 7.52. The van der Waals surface area contributed by atoms with E-state index < -0.39 is 11.5 Å². The largest absolute Gasteiger partial charge is 0.481 e. The highest BCUT2D eigenvalue weighted by molar-refractivity contribution is 5.90. The number of carboxylic acid groups (broad SMARTS) is 1. The number of likely N-dealkylation sites (tertiary alicyclic amines) is 1. The molecule has 0 aromatic heterocycles. The van der Waals surface area contributed by atoms with Gasteiger partial charge in [-0.2, -0.15) is 0 Å². The Bertz CT molecular complexity index is 485. The van der Waals surface area contributed by atoms with Crippen LogP contribution in [0.3, 0.4) is 0 Å². The fourth-order valence-electron chi connectivity index (χ4n) is 3.57. The summed E-state index contributed by atoms with van der Waals surface area (Å²) in [5.74, 6) is -1.45. The van der Waals surface area contributed by atoms with Crippen molar-refractivity contribution in [3.05, 3.63) is 0 Å². The van der Waals surface area contributed by atoms with Crippen molar-refractivity contribution in [2.24, 2.45) is 11.8 Å². The third-order valence-electron chi connectivity index (χ3n) is 5.50. The summed E-state index contributed by atoms with van der Waals surface area (Å²) >= 11 is 0. The minimum Gasteiger partial charge on any atom is -0.481 e. The van der Waals surface area contributed by atoms with Gasteiger partial charge in [0.2, 0.25) is 11.8 Å². The first-order chi connectivity index (χ1) is 10.7. The maximum atomic E-state index is 12.6. The molecule has 0 aromatic rings. The monoisotopic (exact) mass is 324 g/mol. The number of carboxylic acids is 1. The molecule has 6 heteroatoms. The van der Waals surface area contributed by atoms with Crippen LogP contribution in [0.2, 0.25) is 0 Å². The van der Waals surface area contributed by atoms with Crippen molar-refractivity contribution in [3.63, 3.8) is 0 Å². The summed E-state index contributed by atoms with van der Waals surface area (Å²) in [5, 5.41) is 12.0. The van der Waals surface area contributed by atoms with Crippen LogP contribution in [0, 0.1) is 11.8 Å². The lowest BCUT2D eigenvalue weighted by molar-refractivity contribution is -0.140. The van der Waals surface area contributed by atoms with Gasteiger partial charge in [0, 0.05) is 24.5 Å². The van der Waals surface area contributed by atoms with E-state index in [4.69, 9.17) is 5.11 Å². The van der Waals surface area contributed by atoms with Crippen molar-refractivity contribution in [2.45, 2.75) is 70.9 Å². The summed E-state index contributed by atoms with van der Waals surface area (Å²) in [5.41, 5.74) is -0.799. The Balaban J connectivity index is 2.00. The van der Waals surface area contributed by atoms with Crippen LogP contribution >= 0.6 is 0 Å². The molecular weight excluding hydrogens is 296 g/mol. The van der Waals surface area contributed by atoms with E-state index in [0.29, 0.717) is 6.54 Å². The number of nitrogens with one attached hydrogen (secondary N) is 1. The number of hydrogen-bond acceptors (Lipinski definition) is 3. The smallest absolute Gasteiger partial charge is 0.305 e. The quantitative estimate of drug-likeness (QED) is 0.780. The Morgan fingerprint density at radius 1 is 1.35 bits per heavy atom. The van der Waals surface area contributed by atoms with E-state index in [2.05, 4.69) is 5.32 Å². The van der Waals surface area contributed by atoms with E-state index in [1.165, 1.54) is 0 Å². The number of amides is 2. The molecule has 2 fully saturated rings. The van der Waals surface area contributed by atoms with Crippen LogP contribution in [0.1, 0.15) is 59.3 Å². The molecule has 2 atom stereocenters. The molecule has 2 unspecified atom stereocenters. The lowest BCUT2D eigenvalue weighted by Crippen LogP contribution is -2.53. The lowest BCUT2D eigenvalue weighted by Gasteiger charge is -2.34. The average Bonchev–Trinajstić information content (AvgIpc) is 3.06. The summed E-state index contributed by atoms with van der Waals surface area (Å²) in [6.07, 6.45) is 4.48. The van der Waals surface area contributed by atoms with Gasteiger partial charge < -0.3 is 15.3 Å². The van der Waals surface area contributed by atoms with Crippen LogP contribution in [0.25, 0.3) is 0 Å². The molecule has 1 saturated carbocycles. The summed E-state index contributed by atoms with van der Waals surface area (Å²) in [6.45, 7) is 6.02. The molecule has 2 aliphatic rings. The van der Waals surface area contributed by atoms with Gasteiger partial charge in [-0.3, -0.25) is 14.4 Å². The van der Waals surface area contributed by atoms with E-state index in [9.17, 15) is 14.4 Å². The van der Waals surface area contributed by atoms with Gasteiger partial charge in [-0.05, 0) is 25.7 Å². The van der Waals surface area contributed by atoms with Gasteiger partial charge in [0.25, 0.3) is 0 Å². The van der Waals surface area contributed by atoms with E-state index in [0.717, 1.165) is 25.7 Å². The van der Waals surface area contributed by atoms with Crippen molar-refractivity contribution in [1.82, 2.24) is 10.2 Å². The number of rotatable bonds is 6. The molecule has 130 valence electrons. The van der Waals surface area contributed by atoms with Gasteiger partial charge in [-0.1, -0.05) is 26.7 Å². The summed E-state index contributed by atoms with van der Waals surface area (Å²) in [7, 11) is 0. The Morgan fingerprint density at radius 2 is 1.96 bits per heavy atom. The Kier molecular flexibility index (Phi) is 5.32. The van der Waals surface area contributed by atoms with Gasteiger partial charge >= 0.3 is 5.97 Å². The van der Waals surface area contributed by atoms with Crippen LogP contribution in [0.4, 0.5) is 0 Å². The molecule has 23 heavy (non-hydrogen) atoms. The van der Waals surface area contributed by atoms with Gasteiger partial charge in [-0.25, -0.2) is 0 Å². The number of carbonyl (C=O) groups is 3. The number of nitrogens with zero attached hydrogens (tertiary/aromatic N) is 1. The molecule has 2 N–H and O–H groups in total. The predicted molar refractivity (Wildman–Crippen MR) is 85.7 cm³/mol. The maximum absolute atomic E-state index is 12.6. The summed E-state index contributed by atoms with van der Waals surface area (Å²) < 4.78 is 0. The molecule has 0 radical (unpaired) electrons. The van der Waals surface area contributed by atoms with E-state index in [1.807, 2.05) is 18.7 Å². The summed E-state index contributed by atoms with van der Waals surface area (Å²) in [6, 6.07) is 0.288. The topological polar surface area (TPSA) is 86.7 Å². The average molecular weight is 324 g/mol. The van der Waals surface area contributed by atoms with Crippen LogP contribution in [0.5, 0.6) is 0 Å². The van der Waals surface area contributed by atoms with Crippen molar-refractivity contribution >= 4 is 17.8 Å². The second-order valence-corrected chi connectivity index (χ2v) is 7.52. The first-order valence-electron chi connectivity index (χ1n) is 8.56. The van der Waals surface area contributed by atoms with E-state index in [-0.39, 0.29) is 42.5 Å². The molecule has 2 amide bonds. The normalized spacial score (nSPS) is 25.0. The second kappa shape index (κ2) is 6.89. The third kappa shape index (κ3) is 4.03. The zero-order valence-corrected chi connectivity index (χ0v) is 14.3. The Morgan fingerprint density at radius 3 is 2.48 bits per heavy atom. The highest BCUT2D eigenvalue weighted by Gasteiger charge is 2.41. The minimum absolute atomic E-state index is 0.00871. The molecule has 1 heterocycles. The van der Waals surface area contributed by atoms with Crippen LogP contribution in [-0.4, -0.2) is 45.9 Å². The molecule has 1 aliphatic carbocycles. The zero-order chi connectivity index (χ0) is 17.2. The van der Waals surface area contributed by atoms with Crippen LogP contribution in [0.15, 0.2) is 0 Å².